The van der Waals surface area contributed by atoms with Gasteiger partial charge in [0.25, 0.3) is 5.91 Å². The van der Waals surface area contributed by atoms with E-state index in [0.29, 0.717) is 25.4 Å². The molecule has 0 aliphatic rings. The summed E-state index contributed by atoms with van der Waals surface area (Å²) in [5.74, 6) is 1.38. The number of nitrogens with zero attached hydrogens (tertiary/aromatic N) is 3. The summed E-state index contributed by atoms with van der Waals surface area (Å²) >= 11 is 0. The maximum Gasteiger partial charge on any atom is 0.274 e. The van der Waals surface area contributed by atoms with E-state index in [0.717, 1.165) is 28.4 Å². The third-order valence-electron chi connectivity index (χ3n) is 4.60. The molecule has 0 spiro atoms. The zero-order valence-electron chi connectivity index (χ0n) is 17.0. The predicted molar refractivity (Wildman–Crippen MR) is 113 cm³/mol. The van der Waals surface area contributed by atoms with Gasteiger partial charge in [-0.15, -0.1) is 0 Å². The fraction of sp³-hybridized carbons (Fsp3) is 0.273. The Hall–Kier alpha value is -3.32. The van der Waals surface area contributed by atoms with E-state index in [-0.39, 0.29) is 5.91 Å². The number of methoxy groups -OCH3 is 1. The summed E-state index contributed by atoms with van der Waals surface area (Å²) in [5.41, 5.74) is 8.45. The van der Waals surface area contributed by atoms with Gasteiger partial charge in [-0.25, -0.2) is 4.68 Å². The van der Waals surface area contributed by atoms with E-state index >= 15 is 0 Å². The van der Waals surface area contributed by atoms with Crippen LogP contribution in [0.2, 0.25) is 0 Å². The van der Waals surface area contributed by atoms with Crippen molar-refractivity contribution in [3.8, 4) is 28.4 Å². The second-order valence-corrected chi connectivity index (χ2v) is 6.51. The molecule has 0 aliphatic heterocycles. The van der Waals surface area contributed by atoms with Crippen LogP contribution in [0.3, 0.4) is 0 Å². The van der Waals surface area contributed by atoms with Crippen molar-refractivity contribution < 1.29 is 14.3 Å². The van der Waals surface area contributed by atoms with Crippen LogP contribution in [0.5, 0.6) is 11.5 Å². The van der Waals surface area contributed by atoms with Gasteiger partial charge in [0.05, 0.1) is 18.5 Å². The molecular formula is C22H26N4O3. The maximum absolute atomic E-state index is 12.7. The highest BCUT2D eigenvalue weighted by Gasteiger charge is 2.19. The number of nitrogens with two attached hydrogens (primary N) is 1. The number of carbonyl (C=O) groups excluding carboxylic acids is 1. The molecule has 0 aliphatic carbocycles. The number of amides is 1. The summed E-state index contributed by atoms with van der Waals surface area (Å²) in [6.45, 7) is 3.46. The second kappa shape index (κ2) is 9.25. The lowest BCUT2D eigenvalue weighted by Crippen LogP contribution is -2.26. The highest BCUT2D eigenvalue weighted by atomic mass is 16.5. The molecule has 7 heteroatoms. The van der Waals surface area contributed by atoms with Crippen LogP contribution in [0, 0.1) is 0 Å². The Kier molecular flexibility index (Phi) is 6.51. The van der Waals surface area contributed by atoms with Gasteiger partial charge in [-0.05, 0) is 61.5 Å². The van der Waals surface area contributed by atoms with Gasteiger partial charge < -0.3 is 20.1 Å². The van der Waals surface area contributed by atoms with E-state index < -0.39 is 0 Å². The monoisotopic (exact) mass is 394 g/mol. The summed E-state index contributed by atoms with van der Waals surface area (Å²) in [5, 5.41) is 4.59. The number of ether oxygens (including phenoxy) is 2. The molecule has 0 fully saturated rings. The molecule has 0 unspecified atom stereocenters. The summed E-state index contributed by atoms with van der Waals surface area (Å²) < 4.78 is 12.6. The summed E-state index contributed by atoms with van der Waals surface area (Å²) in [4.78, 5) is 14.3. The Labute approximate surface area is 170 Å². The van der Waals surface area contributed by atoms with E-state index in [1.807, 2.05) is 61.5 Å². The lowest BCUT2D eigenvalue weighted by molar-refractivity contribution is 0.0796. The van der Waals surface area contributed by atoms with Crippen molar-refractivity contribution in [2.75, 3.05) is 33.9 Å². The number of hydrogen-bond acceptors (Lipinski definition) is 5. The minimum absolute atomic E-state index is 0.121. The number of hydrogen-bond donors (Lipinski definition) is 1. The maximum atomic E-state index is 12.7. The molecule has 2 N–H and O–H groups in total. The van der Waals surface area contributed by atoms with Crippen molar-refractivity contribution in [1.29, 1.82) is 0 Å². The van der Waals surface area contributed by atoms with Crippen molar-refractivity contribution in [2.45, 2.75) is 6.92 Å². The molecule has 3 aromatic rings. The van der Waals surface area contributed by atoms with Crippen LogP contribution in [-0.4, -0.2) is 54.4 Å². The molecule has 0 saturated heterocycles. The number of carbonyl (C=O) groups is 1. The molecule has 2 aromatic carbocycles. The van der Waals surface area contributed by atoms with Gasteiger partial charge in [-0.1, -0.05) is 0 Å². The molecule has 0 bridgehead atoms. The average Bonchev–Trinajstić information content (AvgIpc) is 3.22. The first-order valence-electron chi connectivity index (χ1n) is 9.50. The first-order chi connectivity index (χ1) is 14.1. The van der Waals surface area contributed by atoms with Gasteiger partial charge in [0.2, 0.25) is 0 Å². The van der Waals surface area contributed by atoms with Crippen LogP contribution in [-0.2, 0) is 0 Å². The van der Waals surface area contributed by atoms with E-state index in [2.05, 4.69) is 5.10 Å². The van der Waals surface area contributed by atoms with Crippen molar-refractivity contribution >= 4 is 5.91 Å². The molecule has 7 nitrogen and oxygen atoms in total. The van der Waals surface area contributed by atoms with Crippen LogP contribution in [0.1, 0.15) is 17.4 Å². The smallest absolute Gasteiger partial charge is 0.274 e. The van der Waals surface area contributed by atoms with Crippen molar-refractivity contribution in [3.05, 3.63) is 60.3 Å². The van der Waals surface area contributed by atoms with Crippen LogP contribution >= 0.6 is 0 Å². The fourth-order valence-corrected chi connectivity index (χ4v) is 2.85. The Morgan fingerprint density at radius 1 is 1.10 bits per heavy atom. The van der Waals surface area contributed by atoms with Crippen LogP contribution in [0.15, 0.2) is 54.6 Å². The highest BCUT2D eigenvalue weighted by molar-refractivity contribution is 5.93. The molecular weight excluding hydrogens is 368 g/mol. The van der Waals surface area contributed by atoms with Gasteiger partial charge in [0.15, 0.2) is 5.69 Å². The Bertz CT molecular complexity index is 949. The molecule has 3 rings (SSSR count). The minimum atomic E-state index is -0.121. The van der Waals surface area contributed by atoms with Crippen LogP contribution in [0.4, 0.5) is 0 Å². The zero-order chi connectivity index (χ0) is 20.8. The fourth-order valence-electron chi connectivity index (χ4n) is 2.85. The van der Waals surface area contributed by atoms with E-state index in [9.17, 15) is 4.79 Å². The zero-order valence-corrected chi connectivity index (χ0v) is 17.0. The van der Waals surface area contributed by atoms with Gasteiger partial charge in [0.1, 0.15) is 18.1 Å². The summed E-state index contributed by atoms with van der Waals surface area (Å²) in [6, 6.07) is 17.0. The standard InChI is InChI=1S/C22H26N4O3/c1-4-25(2)22(27)20-15-21(16-5-9-19(10-6-16)29-14-13-23)26(24-20)17-7-11-18(28-3)12-8-17/h5-12,15H,4,13-14,23H2,1-3H3. The third kappa shape index (κ3) is 4.57. The number of rotatable bonds is 8. The SMILES string of the molecule is CCN(C)C(=O)c1cc(-c2ccc(OCCN)cc2)n(-c2ccc(OC)cc2)n1. The van der Waals surface area contributed by atoms with Gasteiger partial charge in [-0.2, -0.15) is 5.10 Å². The molecule has 1 amide bonds. The normalized spacial score (nSPS) is 10.6. The van der Waals surface area contributed by atoms with Gasteiger partial charge in [-0.3, -0.25) is 4.79 Å². The number of benzene rings is 2. The molecule has 29 heavy (non-hydrogen) atoms. The minimum Gasteiger partial charge on any atom is -0.497 e. The molecule has 152 valence electrons. The van der Waals surface area contributed by atoms with E-state index in [4.69, 9.17) is 15.2 Å². The molecule has 0 atom stereocenters. The Morgan fingerprint density at radius 3 is 2.34 bits per heavy atom. The lowest BCUT2D eigenvalue weighted by atomic mass is 10.1. The van der Waals surface area contributed by atoms with Crippen molar-refractivity contribution in [3.63, 3.8) is 0 Å². The Balaban J connectivity index is 2.03. The quantitative estimate of drug-likeness (QED) is 0.635. The molecule has 0 saturated carbocycles. The first kappa shape index (κ1) is 20.4. The highest BCUT2D eigenvalue weighted by Crippen LogP contribution is 2.27. The van der Waals surface area contributed by atoms with Crippen LogP contribution < -0.4 is 15.2 Å². The van der Waals surface area contributed by atoms with Crippen molar-refractivity contribution in [2.24, 2.45) is 5.73 Å². The molecule has 1 heterocycles. The van der Waals surface area contributed by atoms with Crippen molar-refractivity contribution in [1.82, 2.24) is 14.7 Å². The van der Waals surface area contributed by atoms with Crippen LogP contribution in [0.25, 0.3) is 16.9 Å². The summed E-state index contributed by atoms with van der Waals surface area (Å²) in [7, 11) is 3.39. The van der Waals surface area contributed by atoms with E-state index in [1.165, 1.54) is 0 Å². The third-order valence-corrected chi connectivity index (χ3v) is 4.60. The van der Waals surface area contributed by atoms with Gasteiger partial charge >= 0.3 is 0 Å². The molecule has 0 radical (unpaired) electrons. The Morgan fingerprint density at radius 2 is 1.76 bits per heavy atom. The topological polar surface area (TPSA) is 82.6 Å². The van der Waals surface area contributed by atoms with E-state index in [1.54, 1.807) is 23.7 Å². The van der Waals surface area contributed by atoms with Gasteiger partial charge in [0, 0.05) is 25.7 Å². The summed E-state index contributed by atoms with van der Waals surface area (Å²) in [6.07, 6.45) is 0. The second-order valence-electron chi connectivity index (χ2n) is 6.51. The lowest BCUT2D eigenvalue weighted by Gasteiger charge is -2.12. The first-order valence-corrected chi connectivity index (χ1v) is 9.50. The molecule has 1 aromatic heterocycles. The number of aromatic nitrogens is 2. The predicted octanol–water partition coefficient (Wildman–Crippen LogP) is 2.98. The average molecular weight is 394 g/mol. The largest absolute Gasteiger partial charge is 0.497 e.